The molecule has 0 radical (unpaired) electrons. The highest BCUT2D eigenvalue weighted by atomic mass is 35.5. The molecule has 6 heteroatoms. The third kappa shape index (κ3) is 3.85. The van der Waals surface area contributed by atoms with Gasteiger partial charge in [0.15, 0.2) is 0 Å². The molecule has 1 aromatic heterocycles. The number of nitrogens with one attached hydrogen (secondary N) is 2. The monoisotopic (exact) mass is 391 g/mol. The van der Waals surface area contributed by atoms with Gasteiger partial charge in [0, 0.05) is 30.7 Å². The number of carbonyl (C=O) groups excluding carboxylic acids is 1. The van der Waals surface area contributed by atoms with E-state index in [0.29, 0.717) is 41.9 Å². The molecule has 2 aromatic rings. The Kier molecular flexibility index (Phi) is 5.17. The Morgan fingerprint density at radius 2 is 2.15 bits per heavy atom. The van der Waals surface area contributed by atoms with Gasteiger partial charge in [0.2, 0.25) is 0 Å². The molecule has 2 N–H and O–H groups in total. The largest absolute Gasteiger partial charge is 0.352 e. The highest BCUT2D eigenvalue weighted by Crippen LogP contribution is 2.35. The minimum atomic E-state index is -1.04. The standard InChI is InChI=1S/C21H27ClFN3O/c1-21(23)8-5-14(6-9-21)11-25-20(27)16-13-26(15-7-10-24-12-15)18-4-2-3-17(22)19(16)18/h2-4,13-15,24H,5-12H2,1H3,(H,25,27). The molecule has 2 aliphatic rings. The van der Waals surface area contributed by atoms with E-state index in [1.807, 2.05) is 24.4 Å². The van der Waals surface area contributed by atoms with Crippen molar-refractivity contribution in [3.8, 4) is 0 Å². The van der Waals surface area contributed by atoms with Crippen LogP contribution in [0.5, 0.6) is 0 Å². The van der Waals surface area contributed by atoms with Gasteiger partial charge in [-0.3, -0.25) is 4.79 Å². The highest BCUT2D eigenvalue weighted by molar-refractivity contribution is 6.36. The first-order chi connectivity index (χ1) is 12.9. The number of halogens is 2. The van der Waals surface area contributed by atoms with Gasteiger partial charge in [0.05, 0.1) is 16.1 Å². The molecule has 1 atom stereocenters. The van der Waals surface area contributed by atoms with Gasteiger partial charge in [-0.05, 0) is 63.6 Å². The fourth-order valence-electron chi connectivity index (χ4n) is 4.43. The van der Waals surface area contributed by atoms with E-state index in [2.05, 4.69) is 15.2 Å². The summed E-state index contributed by atoms with van der Waals surface area (Å²) in [5, 5.41) is 7.88. The molecule has 0 bridgehead atoms. The minimum absolute atomic E-state index is 0.0913. The molecule has 0 spiro atoms. The first kappa shape index (κ1) is 18.8. The van der Waals surface area contributed by atoms with Crippen LogP contribution in [0.25, 0.3) is 10.9 Å². The summed E-state index contributed by atoms with van der Waals surface area (Å²) in [4.78, 5) is 12.9. The number of amides is 1. The summed E-state index contributed by atoms with van der Waals surface area (Å²) in [5.74, 6) is 0.256. The van der Waals surface area contributed by atoms with Gasteiger partial charge < -0.3 is 15.2 Å². The summed E-state index contributed by atoms with van der Waals surface area (Å²) in [6.45, 7) is 4.16. The fraction of sp³-hybridized carbons (Fsp3) is 0.571. The number of alkyl halides is 1. The number of hydrogen-bond acceptors (Lipinski definition) is 2. The van der Waals surface area contributed by atoms with E-state index in [1.54, 1.807) is 6.92 Å². The van der Waals surface area contributed by atoms with Crippen LogP contribution in [-0.4, -0.2) is 35.8 Å². The smallest absolute Gasteiger partial charge is 0.253 e. The number of fused-ring (bicyclic) bond motifs is 1. The third-order valence-electron chi connectivity index (χ3n) is 6.18. The maximum atomic E-state index is 14.0. The van der Waals surface area contributed by atoms with Crippen molar-refractivity contribution in [2.45, 2.75) is 50.7 Å². The molecule has 2 heterocycles. The second kappa shape index (κ2) is 7.44. The average molecular weight is 392 g/mol. The van der Waals surface area contributed by atoms with Crippen LogP contribution >= 0.6 is 11.6 Å². The Balaban J connectivity index is 1.53. The molecule has 4 rings (SSSR count). The predicted octanol–water partition coefficient (Wildman–Crippen LogP) is 4.48. The predicted molar refractivity (Wildman–Crippen MR) is 107 cm³/mol. The third-order valence-corrected chi connectivity index (χ3v) is 6.49. The normalized spacial score (nSPS) is 28.6. The maximum absolute atomic E-state index is 14.0. The Bertz CT molecular complexity index is 831. The Labute approximate surface area is 164 Å². The quantitative estimate of drug-likeness (QED) is 0.807. The van der Waals surface area contributed by atoms with Crippen molar-refractivity contribution in [3.63, 3.8) is 0 Å². The second-order valence-electron chi connectivity index (χ2n) is 8.30. The topological polar surface area (TPSA) is 46.1 Å². The number of nitrogens with zero attached hydrogens (tertiary/aromatic N) is 1. The van der Waals surface area contributed by atoms with E-state index >= 15 is 0 Å². The Morgan fingerprint density at radius 3 is 2.85 bits per heavy atom. The van der Waals surface area contributed by atoms with Gasteiger partial charge in [-0.25, -0.2) is 4.39 Å². The summed E-state index contributed by atoms with van der Waals surface area (Å²) >= 11 is 6.46. The van der Waals surface area contributed by atoms with E-state index in [-0.39, 0.29) is 5.91 Å². The van der Waals surface area contributed by atoms with Crippen LogP contribution in [0, 0.1) is 5.92 Å². The number of benzene rings is 1. The molecule has 4 nitrogen and oxygen atoms in total. The van der Waals surface area contributed by atoms with Gasteiger partial charge in [-0.2, -0.15) is 0 Å². The molecule has 146 valence electrons. The van der Waals surface area contributed by atoms with Crippen molar-refractivity contribution < 1.29 is 9.18 Å². The van der Waals surface area contributed by atoms with E-state index in [4.69, 9.17) is 11.6 Å². The van der Waals surface area contributed by atoms with Crippen LogP contribution < -0.4 is 10.6 Å². The average Bonchev–Trinajstić information content (AvgIpc) is 3.28. The van der Waals surface area contributed by atoms with Crippen molar-refractivity contribution in [2.75, 3.05) is 19.6 Å². The van der Waals surface area contributed by atoms with Gasteiger partial charge in [0.25, 0.3) is 5.91 Å². The van der Waals surface area contributed by atoms with Crippen LogP contribution in [0.2, 0.25) is 5.02 Å². The summed E-state index contributed by atoms with van der Waals surface area (Å²) in [7, 11) is 0. The van der Waals surface area contributed by atoms with Crippen LogP contribution in [0.15, 0.2) is 24.4 Å². The van der Waals surface area contributed by atoms with Gasteiger partial charge in [0.1, 0.15) is 5.67 Å². The lowest BCUT2D eigenvalue weighted by molar-refractivity contribution is 0.0894. The second-order valence-corrected chi connectivity index (χ2v) is 8.70. The lowest BCUT2D eigenvalue weighted by Crippen LogP contribution is -2.34. The number of carbonyl (C=O) groups is 1. The van der Waals surface area contributed by atoms with E-state index in [1.165, 1.54) is 0 Å². The molecule has 1 aliphatic heterocycles. The molecule has 1 saturated carbocycles. The lowest BCUT2D eigenvalue weighted by Gasteiger charge is -2.31. The van der Waals surface area contributed by atoms with Crippen molar-refractivity contribution in [1.82, 2.24) is 15.2 Å². The van der Waals surface area contributed by atoms with E-state index in [0.717, 1.165) is 43.3 Å². The van der Waals surface area contributed by atoms with Gasteiger partial charge in [-0.15, -0.1) is 0 Å². The summed E-state index contributed by atoms with van der Waals surface area (Å²) < 4.78 is 16.2. The summed E-state index contributed by atoms with van der Waals surface area (Å²) in [6, 6.07) is 6.13. The summed E-state index contributed by atoms with van der Waals surface area (Å²) in [6.07, 6.45) is 5.79. The SMILES string of the molecule is CC1(F)CCC(CNC(=O)c2cn(C3CCNC3)c3cccc(Cl)c23)CC1. The first-order valence-corrected chi connectivity index (χ1v) is 10.3. The number of hydrogen-bond donors (Lipinski definition) is 2. The molecule has 1 aliphatic carbocycles. The van der Waals surface area contributed by atoms with Gasteiger partial charge in [-0.1, -0.05) is 17.7 Å². The van der Waals surface area contributed by atoms with Crippen LogP contribution in [0.3, 0.4) is 0 Å². The molecule has 2 fully saturated rings. The zero-order valence-corrected chi connectivity index (χ0v) is 16.5. The highest BCUT2D eigenvalue weighted by Gasteiger charge is 2.31. The zero-order valence-electron chi connectivity index (χ0n) is 15.7. The van der Waals surface area contributed by atoms with Crippen molar-refractivity contribution in [2.24, 2.45) is 5.92 Å². The zero-order chi connectivity index (χ0) is 19.0. The number of rotatable bonds is 4. The maximum Gasteiger partial charge on any atom is 0.253 e. The Hall–Kier alpha value is -1.59. The van der Waals surface area contributed by atoms with Crippen LogP contribution in [0.1, 0.15) is 55.4 Å². The summed E-state index contributed by atoms with van der Waals surface area (Å²) in [5.41, 5.74) is 0.595. The van der Waals surface area contributed by atoms with Crippen LogP contribution in [0.4, 0.5) is 4.39 Å². The molecular weight excluding hydrogens is 365 g/mol. The molecule has 1 unspecified atom stereocenters. The fourth-order valence-corrected chi connectivity index (χ4v) is 4.71. The van der Waals surface area contributed by atoms with Crippen molar-refractivity contribution in [1.29, 1.82) is 0 Å². The van der Waals surface area contributed by atoms with Crippen molar-refractivity contribution >= 4 is 28.4 Å². The molecule has 1 saturated heterocycles. The van der Waals surface area contributed by atoms with E-state index < -0.39 is 5.67 Å². The van der Waals surface area contributed by atoms with Crippen molar-refractivity contribution in [3.05, 3.63) is 35.0 Å². The minimum Gasteiger partial charge on any atom is -0.352 e. The molecule has 27 heavy (non-hydrogen) atoms. The van der Waals surface area contributed by atoms with Crippen LogP contribution in [-0.2, 0) is 0 Å². The Morgan fingerprint density at radius 1 is 1.37 bits per heavy atom. The molecular formula is C21H27ClFN3O. The van der Waals surface area contributed by atoms with Gasteiger partial charge >= 0.3 is 0 Å². The van der Waals surface area contributed by atoms with E-state index in [9.17, 15) is 9.18 Å². The lowest BCUT2D eigenvalue weighted by atomic mass is 9.81. The molecule has 1 amide bonds. The molecule has 1 aromatic carbocycles. The first-order valence-electron chi connectivity index (χ1n) is 9.91. The number of aromatic nitrogens is 1.